The van der Waals surface area contributed by atoms with E-state index < -0.39 is 12.0 Å². The zero-order valence-corrected chi connectivity index (χ0v) is 9.98. The number of carbonyl (C=O) groups excluding carboxylic acids is 1. The van der Waals surface area contributed by atoms with Gasteiger partial charge < -0.3 is 19.9 Å². The normalized spacial score (nSPS) is 18.6. The van der Waals surface area contributed by atoms with Crippen molar-refractivity contribution >= 4 is 11.9 Å². The van der Waals surface area contributed by atoms with Crippen molar-refractivity contribution in [2.75, 3.05) is 19.8 Å². The third-order valence-electron chi connectivity index (χ3n) is 2.60. The lowest BCUT2D eigenvalue weighted by Gasteiger charge is -2.22. The minimum atomic E-state index is -1.04. The molecule has 0 spiro atoms. The molecule has 98 valence electrons. The molecule has 6 heteroatoms. The number of ether oxygens (including phenoxy) is 2. The first-order valence-corrected chi connectivity index (χ1v) is 5.81. The molecule has 0 aromatic carbocycles. The molecule has 1 saturated heterocycles. The summed E-state index contributed by atoms with van der Waals surface area (Å²) in [6.07, 6.45) is 2.06. The molecule has 0 unspecified atom stereocenters. The van der Waals surface area contributed by atoms with Crippen LogP contribution in [0.2, 0.25) is 0 Å². The van der Waals surface area contributed by atoms with Gasteiger partial charge in [-0.3, -0.25) is 9.59 Å². The second kappa shape index (κ2) is 7.24. The highest BCUT2D eigenvalue weighted by molar-refractivity contribution is 5.83. The molecular weight excluding hydrogens is 226 g/mol. The molecule has 0 aliphatic carbocycles. The Bertz CT molecular complexity index is 263. The van der Waals surface area contributed by atoms with E-state index >= 15 is 0 Å². The maximum atomic E-state index is 11.3. The van der Waals surface area contributed by atoms with Crippen molar-refractivity contribution in [2.45, 2.75) is 38.3 Å². The topological polar surface area (TPSA) is 84.9 Å². The van der Waals surface area contributed by atoms with Gasteiger partial charge in [-0.25, -0.2) is 0 Å². The molecule has 17 heavy (non-hydrogen) atoms. The minimum Gasteiger partial charge on any atom is -0.480 e. The molecule has 1 aliphatic heterocycles. The van der Waals surface area contributed by atoms with Gasteiger partial charge in [0.05, 0.1) is 12.7 Å². The molecule has 6 nitrogen and oxygen atoms in total. The van der Waals surface area contributed by atoms with Gasteiger partial charge in [0.1, 0.15) is 6.04 Å². The summed E-state index contributed by atoms with van der Waals surface area (Å²) in [5.41, 5.74) is 0. The van der Waals surface area contributed by atoms with Crippen LogP contribution in [-0.2, 0) is 19.1 Å². The van der Waals surface area contributed by atoms with Crippen LogP contribution in [0.3, 0.4) is 0 Å². The van der Waals surface area contributed by atoms with Gasteiger partial charge in [0, 0.05) is 19.6 Å². The van der Waals surface area contributed by atoms with E-state index in [2.05, 4.69) is 5.32 Å². The number of hydrogen-bond acceptors (Lipinski definition) is 4. The summed E-state index contributed by atoms with van der Waals surface area (Å²) in [5.74, 6) is -1.34. The summed E-state index contributed by atoms with van der Waals surface area (Å²) in [5, 5.41) is 11.0. The van der Waals surface area contributed by atoms with Crippen LogP contribution >= 0.6 is 0 Å². The highest BCUT2D eigenvalue weighted by Crippen LogP contribution is 2.10. The van der Waals surface area contributed by atoms with Gasteiger partial charge in [0.2, 0.25) is 5.91 Å². The van der Waals surface area contributed by atoms with E-state index in [0.717, 1.165) is 12.8 Å². The van der Waals surface area contributed by atoms with Crippen LogP contribution in [-0.4, -0.2) is 48.9 Å². The summed E-state index contributed by atoms with van der Waals surface area (Å²) >= 11 is 0. The van der Waals surface area contributed by atoms with E-state index in [1.807, 2.05) is 0 Å². The van der Waals surface area contributed by atoms with E-state index in [1.165, 1.54) is 6.92 Å². The molecular formula is C11H19NO5. The Labute approximate surface area is 100 Å². The first-order chi connectivity index (χ1) is 8.09. The lowest BCUT2D eigenvalue weighted by molar-refractivity contribution is -0.141. The van der Waals surface area contributed by atoms with E-state index in [1.54, 1.807) is 0 Å². The maximum Gasteiger partial charge on any atom is 0.325 e. The number of rotatable bonds is 6. The first-order valence-electron chi connectivity index (χ1n) is 5.81. The molecule has 1 rings (SSSR count). The Kier molecular flexibility index (Phi) is 5.93. The number of aliphatic carboxylic acids is 1. The number of hydrogen-bond donors (Lipinski definition) is 2. The maximum absolute atomic E-state index is 11.3. The average Bonchev–Trinajstić information content (AvgIpc) is 2.30. The number of carboxylic acid groups (broad SMARTS) is 1. The summed E-state index contributed by atoms with van der Waals surface area (Å²) in [4.78, 5) is 21.8. The van der Waals surface area contributed by atoms with Crippen LogP contribution in [0.5, 0.6) is 0 Å². The van der Waals surface area contributed by atoms with Gasteiger partial charge in [-0.15, -0.1) is 0 Å². The molecule has 0 bridgehead atoms. The Morgan fingerprint density at radius 3 is 2.71 bits per heavy atom. The van der Waals surface area contributed by atoms with Crippen LogP contribution in [0.4, 0.5) is 0 Å². The molecule has 1 aliphatic rings. The molecule has 0 aromatic rings. The first kappa shape index (κ1) is 13.9. The summed E-state index contributed by atoms with van der Waals surface area (Å²) in [7, 11) is 0. The van der Waals surface area contributed by atoms with Gasteiger partial charge in [0.25, 0.3) is 0 Å². The fourth-order valence-corrected chi connectivity index (χ4v) is 1.54. The van der Waals surface area contributed by atoms with Gasteiger partial charge in [-0.05, 0) is 19.8 Å². The van der Waals surface area contributed by atoms with Crippen LogP contribution in [0.25, 0.3) is 0 Å². The average molecular weight is 245 g/mol. The van der Waals surface area contributed by atoms with Gasteiger partial charge >= 0.3 is 5.97 Å². The Morgan fingerprint density at radius 2 is 2.12 bits per heavy atom. The van der Waals surface area contributed by atoms with Gasteiger partial charge in [-0.1, -0.05) is 0 Å². The van der Waals surface area contributed by atoms with Crippen LogP contribution in [0.15, 0.2) is 0 Å². The monoisotopic (exact) mass is 245 g/mol. The largest absolute Gasteiger partial charge is 0.480 e. The third kappa shape index (κ3) is 5.65. The number of amides is 1. The van der Waals surface area contributed by atoms with Crippen molar-refractivity contribution in [3.8, 4) is 0 Å². The standard InChI is InChI=1S/C11H19NO5/c1-8(11(14)15)12-10(13)4-7-17-9-2-5-16-6-3-9/h8-9H,2-7H2,1H3,(H,12,13)(H,14,15)/t8-/m0/s1. The summed E-state index contributed by atoms with van der Waals surface area (Å²) < 4.78 is 10.7. The van der Waals surface area contributed by atoms with Crippen molar-refractivity contribution in [2.24, 2.45) is 0 Å². The van der Waals surface area contributed by atoms with E-state index in [9.17, 15) is 9.59 Å². The van der Waals surface area contributed by atoms with Crippen molar-refractivity contribution in [3.63, 3.8) is 0 Å². The van der Waals surface area contributed by atoms with Gasteiger partial charge in [-0.2, -0.15) is 0 Å². The number of carboxylic acids is 1. The minimum absolute atomic E-state index is 0.161. The Morgan fingerprint density at radius 1 is 1.47 bits per heavy atom. The van der Waals surface area contributed by atoms with Crippen molar-refractivity contribution in [3.05, 3.63) is 0 Å². The van der Waals surface area contributed by atoms with Crippen molar-refractivity contribution in [1.29, 1.82) is 0 Å². The lowest BCUT2D eigenvalue weighted by Crippen LogP contribution is -2.38. The fraction of sp³-hybridized carbons (Fsp3) is 0.818. The smallest absolute Gasteiger partial charge is 0.325 e. The number of carbonyl (C=O) groups is 2. The van der Waals surface area contributed by atoms with Crippen LogP contribution < -0.4 is 5.32 Å². The highest BCUT2D eigenvalue weighted by atomic mass is 16.5. The molecule has 1 heterocycles. The van der Waals surface area contributed by atoms with Gasteiger partial charge in [0.15, 0.2) is 0 Å². The van der Waals surface area contributed by atoms with Crippen molar-refractivity contribution < 1.29 is 24.2 Å². The molecule has 1 fully saturated rings. The zero-order valence-electron chi connectivity index (χ0n) is 9.98. The highest BCUT2D eigenvalue weighted by Gasteiger charge is 2.16. The summed E-state index contributed by atoms with van der Waals surface area (Å²) in [6.45, 7) is 3.15. The van der Waals surface area contributed by atoms with Crippen molar-refractivity contribution in [1.82, 2.24) is 5.32 Å². The Hall–Kier alpha value is -1.14. The quantitative estimate of drug-likeness (QED) is 0.696. The molecule has 0 radical (unpaired) electrons. The van der Waals surface area contributed by atoms with E-state index in [0.29, 0.717) is 19.8 Å². The molecule has 1 amide bonds. The molecule has 1 atom stereocenters. The molecule has 0 aromatic heterocycles. The lowest BCUT2D eigenvalue weighted by atomic mass is 10.1. The third-order valence-corrected chi connectivity index (χ3v) is 2.60. The van der Waals surface area contributed by atoms with E-state index in [-0.39, 0.29) is 18.4 Å². The predicted molar refractivity (Wildman–Crippen MR) is 59.7 cm³/mol. The molecule has 2 N–H and O–H groups in total. The van der Waals surface area contributed by atoms with E-state index in [4.69, 9.17) is 14.6 Å². The molecule has 0 saturated carbocycles. The number of nitrogens with one attached hydrogen (secondary N) is 1. The fourth-order valence-electron chi connectivity index (χ4n) is 1.54. The second-order valence-electron chi connectivity index (χ2n) is 4.06. The SMILES string of the molecule is C[C@H](NC(=O)CCOC1CCOCC1)C(=O)O. The zero-order chi connectivity index (χ0) is 12.7. The van der Waals surface area contributed by atoms with Crippen LogP contribution in [0.1, 0.15) is 26.2 Å². The Balaban J connectivity index is 2.09. The second-order valence-corrected chi connectivity index (χ2v) is 4.06. The summed E-state index contributed by atoms with van der Waals surface area (Å²) in [6, 6.07) is -0.856. The van der Waals surface area contributed by atoms with Crippen LogP contribution in [0, 0.1) is 0 Å². The predicted octanol–water partition coefficient (Wildman–Crippen LogP) is 0.161.